The van der Waals surface area contributed by atoms with Gasteiger partial charge in [0.15, 0.2) is 0 Å². The monoisotopic (exact) mass is 280 g/mol. The van der Waals surface area contributed by atoms with Gasteiger partial charge in [-0.25, -0.2) is 4.79 Å². The lowest BCUT2D eigenvalue weighted by molar-refractivity contribution is -0.131. The molecule has 2 saturated heterocycles. The van der Waals surface area contributed by atoms with E-state index in [2.05, 4.69) is 13.8 Å². The third-order valence-electron chi connectivity index (χ3n) is 4.53. The molecule has 4 nitrogen and oxygen atoms in total. The van der Waals surface area contributed by atoms with Gasteiger partial charge in [0.25, 0.3) is 0 Å². The van der Waals surface area contributed by atoms with E-state index in [1.807, 2.05) is 6.92 Å². The SMILES string of the molecule is C/C=C/C=C/C(=O)O.CC1(C2CCC3(C)OC3C2)CO1. The number of carbonyl (C=O) groups is 1. The van der Waals surface area contributed by atoms with E-state index in [0.29, 0.717) is 6.10 Å². The number of fused-ring (bicyclic) bond motifs is 1. The van der Waals surface area contributed by atoms with Gasteiger partial charge < -0.3 is 14.6 Å². The van der Waals surface area contributed by atoms with Crippen LogP contribution in [0.5, 0.6) is 0 Å². The highest BCUT2D eigenvalue weighted by molar-refractivity contribution is 5.80. The molecule has 4 atom stereocenters. The molecule has 0 amide bonds. The van der Waals surface area contributed by atoms with E-state index in [-0.39, 0.29) is 11.2 Å². The molecule has 4 unspecified atom stereocenters. The summed E-state index contributed by atoms with van der Waals surface area (Å²) in [6, 6.07) is 0. The van der Waals surface area contributed by atoms with Crippen LogP contribution in [-0.2, 0) is 14.3 Å². The Bertz CT molecular complexity index is 422. The van der Waals surface area contributed by atoms with E-state index < -0.39 is 5.97 Å². The van der Waals surface area contributed by atoms with E-state index in [1.165, 1.54) is 25.3 Å². The zero-order valence-corrected chi connectivity index (χ0v) is 12.5. The first kappa shape index (κ1) is 15.3. The van der Waals surface area contributed by atoms with Crippen molar-refractivity contribution in [2.45, 2.75) is 57.3 Å². The van der Waals surface area contributed by atoms with Crippen LogP contribution in [0.2, 0.25) is 0 Å². The molecule has 2 heterocycles. The van der Waals surface area contributed by atoms with Gasteiger partial charge in [0, 0.05) is 6.08 Å². The zero-order valence-electron chi connectivity index (χ0n) is 12.5. The van der Waals surface area contributed by atoms with Crippen LogP contribution < -0.4 is 0 Å². The van der Waals surface area contributed by atoms with Crippen LogP contribution in [0.15, 0.2) is 24.3 Å². The van der Waals surface area contributed by atoms with Crippen LogP contribution in [-0.4, -0.2) is 35.0 Å². The van der Waals surface area contributed by atoms with Crippen molar-refractivity contribution >= 4 is 5.97 Å². The van der Waals surface area contributed by atoms with Gasteiger partial charge in [0.05, 0.1) is 23.9 Å². The molecule has 0 radical (unpaired) electrons. The van der Waals surface area contributed by atoms with Crippen molar-refractivity contribution in [3.8, 4) is 0 Å². The molecular weight excluding hydrogens is 256 g/mol. The predicted octanol–water partition coefficient (Wildman–Crippen LogP) is 2.94. The number of hydrogen-bond acceptors (Lipinski definition) is 3. The molecule has 3 rings (SSSR count). The van der Waals surface area contributed by atoms with Gasteiger partial charge in [-0.2, -0.15) is 0 Å². The molecule has 3 fully saturated rings. The smallest absolute Gasteiger partial charge is 0.328 e. The number of epoxide rings is 2. The Morgan fingerprint density at radius 1 is 1.30 bits per heavy atom. The van der Waals surface area contributed by atoms with E-state index >= 15 is 0 Å². The number of carboxylic acid groups (broad SMARTS) is 1. The second-order valence-electron chi connectivity index (χ2n) is 6.21. The minimum absolute atomic E-state index is 0.229. The molecule has 0 aromatic rings. The number of ether oxygens (including phenoxy) is 2. The number of aliphatic carboxylic acids is 1. The van der Waals surface area contributed by atoms with E-state index in [1.54, 1.807) is 12.2 Å². The third kappa shape index (κ3) is 3.70. The van der Waals surface area contributed by atoms with Crippen LogP contribution in [0.1, 0.15) is 40.0 Å². The Kier molecular flexibility index (Phi) is 4.35. The molecule has 0 bridgehead atoms. The molecular formula is C16H24O4. The largest absolute Gasteiger partial charge is 0.478 e. The fourth-order valence-electron chi connectivity index (χ4n) is 2.80. The Labute approximate surface area is 120 Å². The Morgan fingerprint density at radius 2 is 2.00 bits per heavy atom. The van der Waals surface area contributed by atoms with Crippen molar-refractivity contribution in [1.82, 2.24) is 0 Å². The van der Waals surface area contributed by atoms with Crippen LogP contribution in [0.3, 0.4) is 0 Å². The zero-order chi connectivity index (χ0) is 14.8. The first-order chi connectivity index (χ1) is 9.39. The van der Waals surface area contributed by atoms with Gasteiger partial charge in [-0.3, -0.25) is 0 Å². The van der Waals surface area contributed by atoms with Crippen molar-refractivity contribution < 1.29 is 19.4 Å². The summed E-state index contributed by atoms with van der Waals surface area (Å²) < 4.78 is 11.1. The van der Waals surface area contributed by atoms with Gasteiger partial charge in [0.2, 0.25) is 0 Å². The number of hydrogen-bond donors (Lipinski definition) is 1. The second-order valence-corrected chi connectivity index (χ2v) is 6.21. The van der Waals surface area contributed by atoms with Crippen molar-refractivity contribution in [1.29, 1.82) is 0 Å². The van der Waals surface area contributed by atoms with Crippen LogP contribution in [0.25, 0.3) is 0 Å². The molecule has 0 aromatic heterocycles. The third-order valence-corrected chi connectivity index (χ3v) is 4.53. The van der Waals surface area contributed by atoms with Crippen molar-refractivity contribution in [3.05, 3.63) is 24.3 Å². The second kappa shape index (κ2) is 5.70. The van der Waals surface area contributed by atoms with E-state index in [9.17, 15) is 4.79 Å². The fourth-order valence-corrected chi connectivity index (χ4v) is 2.80. The summed E-state index contributed by atoms with van der Waals surface area (Å²) in [5.41, 5.74) is 0.495. The summed E-state index contributed by atoms with van der Waals surface area (Å²) in [5.74, 6) is -0.152. The van der Waals surface area contributed by atoms with Crippen LogP contribution >= 0.6 is 0 Å². The lowest BCUT2D eigenvalue weighted by atomic mass is 9.77. The maximum atomic E-state index is 9.75. The summed E-state index contributed by atoms with van der Waals surface area (Å²) >= 11 is 0. The van der Waals surface area contributed by atoms with Gasteiger partial charge >= 0.3 is 5.97 Å². The highest BCUT2D eigenvalue weighted by Gasteiger charge is 2.60. The molecule has 20 heavy (non-hydrogen) atoms. The Morgan fingerprint density at radius 3 is 2.50 bits per heavy atom. The maximum Gasteiger partial charge on any atom is 0.328 e. The van der Waals surface area contributed by atoms with Crippen molar-refractivity contribution in [2.75, 3.05) is 6.61 Å². The number of carboxylic acids is 1. The lowest BCUT2D eigenvalue weighted by Gasteiger charge is -2.25. The number of allylic oxidation sites excluding steroid dienone is 3. The molecule has 112 valence electrons. The molecule has 1 N–H and O–H groups in total. The summed E-state index contributed by atoms with van der Waals surface area (Å²) in [4.78, 5) is 9.75. The first-order valence-electron chi connectivity index (χ1n) is 7.24. The minimum atomic E-state index is -0.914. The van der Waals surface area contributed by atoms with Crippen molar-refractivity contribution in [2.24, 2.45) is 5.92 Å². The lowest BCUT2D eigenvalue weighted by Crippen LogP contribution is -2.29. The Hall–Kier alpha value is -1.13. The van der Waals surface area contributed by atoms with Gasteiger partial charge in [-0.1, -0.05) is 18.2 Å². The van der Waals surface area contributed by atoms with E-state index in [0.717, 1.165) is 18.6 Å². The first-order valence-corrected chi connectivity index (χ1v) is 7.24. The van der Waals surface area contributed by atoms with Gasteiger partial charge in [-0.15, -0.1) is 0 Å². The van der Waals surface area contributed by atoms with Crippen molar-refractivity contribution in [3.63, 3.8) is 0 Å². The highest BCUT2D eigenvalue weighted by Crippen LogP contribution is 2.54. The normalized spacial score (nSPS) is 42.0. The standard InChI is InChI=1S/C10H16O2.C6H8O2/c1-9-4-3-7(5-8(9)12-9)10(2)6-11-10;1-2-3-4-5-6(7)8/h7-8H,3-6H2,1-2H3;2-5H,1H3,(H,7,8)/b;3-2+,5-4+. The van der Waals surface area contributed by atoms with Crippen LogP contribution in [0, 0.1) is 5.92 Å². The average molecular weight is 280 g/mol. The molecule has 0 spiro atoms. The average Bonchev–Trinajstić information content (AvgIpc) is 3.26. The molecule has 1 saturated carbocycles. The van der Waals surface area contributed by atoms with E-state index in [4.69, 9.17) is 14.6 Å². The fraction of sp³-hybridized carbons (Fsp3) is 0.688. The maximum absolute atomic E-state index is 9.75. The van der Waals surface area contributed by atoms with Crippen LogP contribution in [0.4, 0.5) is 0 Å². The van der Waals surface area contributed by atoms with Gasteiger partial charge in [-0.05, 0) is 46.0 Å². The van der Waals surface area contributed by atoms with Gasteiger partial charge in [0.1, 0.15) is 0 Å². The predicted molar refractivity (Wildman–Crippen MR) is 76.6 cm³/mol. The number of rotatable bonds is 3. The minimum Gasteiger partial charge on any atom is -0.478 e. The summed E-state index contributed by atoms with van der Waals surface area (Å²) in [6.07, 6.45) is 10.3. The summed E-state index contributed by atoms with van der Waals surface area (Å²) in [5, 5.41) is 8.02. The quantitative estimate of drug-likeness (QED) is 0.490. The molecule has 3 aliphatic rings. The summed E-state index contributed by atoms with van der Waals surface area (Å²) in [7, 11) is 0. The molecule has 4 heteroatoms. The Balaban J connectivity index is 0.000000163. The highest BCUT2D eigenvalue weighted by atomic mass is 16.6. The molecule has 2 aliphatic heterocycles. The molecule has 0 aromatic carbocycles. The molecule has 1 aliphatic carbocycles. The topological polar surface area (TPSA) is 62.4 Å². The summed E-state index contributed by atoms with van der Waals surface area (Å²) in [6.45, 7) is 7.28.